The molecule has 1 atom stereocenters. The van der Waals surface area contributed by atoms with Gasteiger partial charge in [0.15, 0.2) is 6.10 Å². The topological polar surface area (TPSA) is 84.9 Å². The third-order valence-electron chi connectivity index (χ3n) is 3.36. The number of aryl methyl sites for hydroxylation is 1. The lowest BCUT2D eigenvalue weighted by Gasteiger charge is -2.14. The maximum absolute atomic E-state index is 12.1. The fourth-order valence-corrected chi connectivity index (χ4v) is 2.04. The second-order valence-electron chi connectivity index (χ2n) is 5.29. The van der Waals surface area contributed by atoms with Gasteiger partial charge in [0.1, 0.15) is 17.1 Å². The van der Waals surface area contributed by atoms with E-state index in [1.54, 1.807) is 37.3 Å². The van der Waals surface area contributed by atoms with Gasteiger partial charge in [-0.1, -0.05) is 12.1 Å². The number of amides is 1. The van der Waals surface area contributed by atoms with Gasteiger partial charge < -0.3 is 19.9 Å². The number of anilines is 1. The van der Waals surface area contributed by atoms with Crippen molar-refractivity contribution in [2.24, 2.45) is 0 Å². The van der Waals surface area contributed by atoms with Crippen LogP contribution in [-0.2, 0) is 9.53 Å². The average Bonchev–Trinajstić information content (AvgIpc) is 2.54. The Bertz CT molecular complexity index is 757. The van der Waals surface area contributed by atoms with Crippen LogP contribution < -0.4 is 10.1 Å². The van der Waals surface area contributed by atoms with Crippen LogP contribution in [0.3, 0.4) is 0 Å². The summed E-state index contributed by atoms with van der Waals surface area (Å²) in [6.07, 6.45) is -1.02. The van der Waals surface area contributed by atoms with E-state index < -0.39 is 18.0 Å². The summed E-state index contributed by atoms with van der Waals surface area (Å²) >= 11 is 0. The number of nitrogens with one attached hydrogen (secondary N) is 1. The molecule has 24 heavy (non-hydrogen) atoms. The minimum Gasteiger partial charge on any atom is -0.507 e. The first-order valence-corrected chi connectivity index (χ1v) is 7.36. The van der Waals surface area contributed by atoms with Gasteiger partial charge >= 0.3 is 5.97 Å². The predicted molar refractivity (Wildman–Crippen MR) is 89.3 cm³/mol. The van der Waals surface area contributed by atoms with E-state index >= 15 is 0 Å². The Morgan fingerprint density at radius 1 is 1.17 bits per heavy atom. The van der Waals surface area contributed by atoms with Gasteiger partial charge in [-0.15, -0.1) is 0 Å². The van der Waals surface area contributed by atoms with E-state index in [9.17, 15) is 14.7 Å². The lowest BCUT2D eigenvalue weighted by molar-refractivity contribution is -0.123. The Hall–Kier alpha value is -3.02. The van der Waals surface area contributed by atoms with Crippen molar-refractivity contribution in [3.05, 3.63) is 53.6 Å². The predicted octanol–water partition coefficient (Wildman–Crippen LogP) is 2.89. The molecule has 0 aliphatic carbocycles. The molecule has 126 valence electrons. The summed E-state index contributed by atoms with van der Waals surface area (Å²) in [6.45, 7) is 3.25. The molecule has 0 aliphatic heterocycles. The van der Waals surface area contributed by atoms with Gasteiger partial charge in [0.25, 0.3) is 5.91 Å². The Morgan fingerprint density at radius 2 is 1.92 bits per heavy atom. The maximum Gasteiger partial charge on any atom is 0.342 e. The van der Waals surface area contributed by atoms with E-state index in [1.807, 2.05) is 0 Å². The quantitative estimate of drug-likeness (QED) is 0.824. The van der Waals surface area contributed by atoms with Gasteiger partial charge in [-0.25, -0.2) is 4.79 Å². The molecular weight excluding hydrogens is 310 g/mol. The van der Waals surface area contributed by atoms with Crippen molar-refractivity contribution in [3.63, 3.8) is 0 Å². The minimum absolute atomic E-state index is 0.0154. The van der Waals surface area contributed by atoms with Crippen LogP contribution in [0.25, 0.3) is 0 Å². The molecule has 0 radical (unpaired) electrons. The number of benzene rings is 2. The molecule has 6 heteroatoms. The number of aromatic hydroxyl groups is 1. The number of ether oxygens (including phenoxy) is 2. The molecule has 6 nitrogen and oxygen atoms in total. The summed E-state index contributed by atoms with van der Waals surface area (Å²) in [6, 6.07) is 11.4. The van der Waals surface area contributed by atoms with Gasteiger partial charge in [-0.05, 0) is 43.7 Å². The van der Waals surface area contributed by atoms with Crippen LogP contribution in [-0.4, -0.2) is 30.2 Å². The smallest absolute Gasteiger partial charge is 0.342 e. The SMILES string of the molecule is COc1cccc(NC(=O)C(C)OC(=O)c2ccc(C)cc2O)c1. The molecule has 1 unspecified atom stereocenters. The summed E-state index contributed by atoms with van der Waals surface area (Å²) < 4.78 is 10.2. The lowest BCUT2D eigenvalue weighted by atomic mass is 10.1. The Balaban J connectivity index is 2.01. The molecular formula is C18H19NO5. The van der Waals surface area contributed by atoms with E-state index in [-0.39, 0.29) is 11.3 Å². The molecule has 0 saturated heterocycles. The molecule has 0 aromatic heterocycles. The van der Waals surface area contributed by atoms with Crippen molar-refractivity contribution in [2.45, 2.75) is 20.0 Å². The normalized spacial score (nSPS) is 11.5. The minimum atomic E-state index is -1.02. The van der Waals surface area contributed by atoms with Gasteiger partial charge in [0.2, 0.25) is 0 Å². The molecule has 0 bridgehead atoms. The van der Waals surface area contributed by atoms with E-state index in [2.05, 4.69) is 5.32 Å². The molecule has 0 spiro atoms. The number of carbonyl (C=O) groups is 2. The van der Waals surface area contributed by atoms with E-state index in [0.717, 1.165) is 5.56 Å². The number of methoxy groups -OCH3 is 1. The van der Waals surface area contributed by atoms with E-state index in [0.29, 0.717) is 11.4 Å². The lowest BCUT2D eigenvalue weighted by Crippen LogP contribution is -2.30. The molecule has 2 aromatic rings. The maximum atomic E-state index is 12.1. The molecule has 0 saturated carbocycles. The highest BCUT2D eigenvalue weighted by molar-refractivity contribution is 5.98. The number of phenolic OH excluding ortho intramolecular Hbond substituents is 1. The number of esters is 1. The molecule has 0 aliphatic rings. The van der Waals surface area contributed by atoms with Crippen molar-refractivity contribution in [1.29, 1.82) is 0 Å². The van der Waals surface area contributed by atoms with Crippen molar-refractivity contribution in [3.8, 4) is 11.5 Å². The first-order chi connectivity index (χ1) is 11.4. The Labute approximate surface area is 140 Å². The average molecular weight is 329 g/mol. The molecule has 0 heterocycles. The summed E-state index contributed by atoms with van der Waals surface area (Å²) in [7, 11) is 1.53. The van der Waals surface area contributed by atoms with Gasteiger partial charge in [0, 0.05) is 11.8 Å². The van der Waals surface area contributed by atoms with Gasteiger partial charge in [0.05, 0.1) is 7.11 Å². The van der Waals surface area contributed by atoms with Crippen LogP contribution in [0.5, 0.6) is 11.5 Å². The number of hydrogen-bond acceptors (Lipinski definition) is 5. The second-order valence-corrected chi connectivity index (χ2v) is 5.29. The Morgan fingerprint density at radius 3 is 2.58 bits per heavy atom. The largest absolute Gasteiger partial charge is 0.507 e. The number of carbonyl (C=O) groups excluding carboxylic acids is 2. The number of rotatable bonds is 5. The van der Waals surface area contributed by atoms with E-state index in [1.165, 1.54) is 26.2 Å². The zero-order chi connectivity index (χ0) is 17.7. The second kappa shape index (κ2) is 7.50. The van der Waals surface area contributed by atoms with Crippen LogP contribution in [0.15, 0.2) is 42.5 Å². The number of hydrogen-bond donors (Lipinski definition) is 2. The van der Waals surface area contributed by atoms with Crippen molar-refractivity contribution < 1.29 is 24.2 Å². The van der Waals surface area contributed by atoms with Crippen molar-refractivity contribution in [2.75, 3.05) is 12.4 Å². The van der Waals surface area contributed by atoms with Crippen LogP contribution in [0.4, 0.5) is 5.69 Å². The molecule has 2 N–H and O–H groups in total. The summed E-state index contributed by atoms with van der Waals surface area (Å²) in [5, 5.41) is 12.4. The van der Waals surface area contributed by atoms with Crippen LogP contribution in [0.2, 0.25) is 0 Å². The van der Waals surface area contributed by atoms with Crippen LogP contribution in [0, 0.1) is 6.92 Å². The molecule has 2 rings (SSSR count). The summed E-state index contributed by atoms with van der Waals surface area (Å²) in [5.41, 5.74) is 1.36. The summed E-state index contributed by atoms with van der Waals surface area (Å²) in [4.78, 5) is 24.2. The highest BCUT2D eigenvalue weighted by Gasteiger charge is 2.21. The fourth-order valence-electron chi connectivity index (χ4n) is 2.04. The third kappa shape index (κ3) is 4.25. The highest BCUT2D eigenvalue weighted by atomic mass is 16.5. The zero-order valence-electron chi connectivity index (χ0n) is 13.7. The standard InChI is InChI=1S/C18H19NO5/c1-11-7-8-15(16(20)9-11)18(22)24-12(2)17(21)19-13-5-4-6-14(10-13)23-3/h4-10,12,20H,1-3H3,(H,19,21). The zero-order valence-corrected chi connectivity index (χ0v) is 13.7. The first kappa shape index (κ1) is 17.3. The van der Waals surface area contributed by atoms with Crippen molar-refractivity contribution in [1.82, 2.24) is 0 Å². The van der Waals surface area contributed by atoms with Gasteiger partial charge in [-0.2, -0.15) is 0 Å². The van der Waals surface area contributed by atoms with E-state index in [4.69, 9.17) is 9.47 Å². The summed E-state index contributed by atoms with van der Waals surface area (Å²) in [5.74, 6) is -0.827. The van der Waals surface area contributed by atoms with Crippen LogP contribution >= 0.6 is 0 Å². The highest BCUT2D eigenvalue weighted by Crippen LogP contribution is 2.20. The van der Waals surface area contributed by atoms with Gasteiger partial charge in [-0.3, -0.25) is 4.79 Å². The first-order valence-electron chi connectivity index (χ1n) is 7.36. The fraction of sp³-hybridized carbons (Fsp3) is 0.222. The number of phenols is 1. The monoisotopic (exact) mass is 329 g/mol. The third-order valence-corrected chi connectivity index (χ3v) is 3.36. The molecule has 1 amide bonds. The Kier molecular flexibility index (Phi) is 5.42. The van der Waals surface area contributed by atoms with Crippen LogP contribution in [0.1, 0.15) is 22.8 Å². The van der Waals surface area contributed by atoms with Crippen molar-refractivity contribution >= 4 is 17.6 Å². The molecule has 2 aromatic carbocycles. The molecule has 0 fully saturated rings.